The third-order valence-electron chi connectivity index (χ3n) is 2.11. The van der Waals surface area contributed by atoms with Gasteiger partial charge in [0.2, 0.25) is 0 Å². The Hall–Kier alpha value is -0.300. The molecule has 0 saturated heterocycles. The van der Waals surface area contributed by atoms with Gasteiger partial charge >= 0.3 is 0 Å². The number of allylic oxidation sites excluding steroid dienone is 1. The molecule has 0 unspecified atom stereocenters. The van der Waals surface area contributed by atoms with Crippen LogP contribution in [0.4, 0.5) is 0 Å². The van der Waals surface area contributed by atoms with Gasteiger partial charge in [-0.1, -0.05) is 45.8 Å². The van der Waals surface area contributed by atoms with Gasteiger partial charge < -0.3 is 5.73 Å². The first kappa shape index (κ1) is 10.7. The summed E-state index contributed by atoms with van der Waals surface area (Å²) < 4.78 is 0. The van der Waals surface area contributed by atoms with Crippen LogP contribution in [0.3, 0.4) is 0 Å². The van der Waals surface area contributed by atoms with Gasteiger partial charge in [-0.15, -0.1) is 0 Å². The molecule has 0 amide bonds. The Balaban J connectivity index is 3.57. The fourth-order valence-electron chi connectivity index (χ4n) is 0.882. The molecule has 0 aliphatic carbocycles. The van der Waals surface area contributed by atoms with E-state index in [0.717, 1.165) is 12.8 Å². The third kappa shape index (κ3) is 5.02. The quantitative estimate of drug-likeness (QED) is 0.607. The van der Waals surface area contributed by atoms with Gasteiger partial charge in [-0.05, 0) is 12.3 Å². The Kier molecular flexibility index (Phi) is 6.24. The Morgan fingerprint density at radius 1 is 1.36 bits per heavy atom. The first-order valence-electron chi connectivity index (χ1n) is 4.64. The lowest BCUT2D eigenvalue weighted by molar-refractivity contribution is 0.502. The van der Waals surface area contributed by atoms with E-state index < -0.39 is 0 Å². The lowest BCUT2D eigenvalue weighted by atomic mass is 9.99. The molecule has 0 aliphatic rings. The van der Waals surface area contributed by atoms with Crippen LogP contribution >= 0.6 is 0 Å². The molecule has 0 spiro atoms. The molecule has 11 heavy (non-hydrogen) atoms. The lowest BCUT2D eigenvalue weighted by Gasteiger charge is -2.13. The summed E-state index contributed by atoms with van der Waals surface area (Å²) in [5.74, 6) is 0.614. The number of hydrogen-bond donors (Lipinski definition) is 1. The summed E-state index contributed by atoms with van der Waals surface area (Å²) in [7, 11) is 0. The second kappa shape index (κ2) is 6.41. The molecular formula is C10H21N. The number of unbranched alkanes of at least 4 members (excludes halogenated alkanes) is 1. The van der Waals surface area contributed by atoms with Gasteiger partial charge in [0.15, 0.2) is 0 Å². The van der Waals surface area contributed by atoms with Crippen molar-refractivity contribution in [2.45, 2.75) is 46.1 Å². The van der Waals surface area contributed by atoms with Crippen molar-refractivity contribution >= 4 is 0 Å². The van der Waals surface area contributed by atoms with Crippen molar-refractivity contribution in [3.8, 4) is 0 Å². The Morgan fingerprint density at radius 2 is 2.00 bits per heavy atom. The third-order valence-corrected chi connectivity index (χ3v) is 2.11. The highest BCUT2D eigenvalue weighted by Crippen LogP contribution is 2.06. The number of nitrogens with two attached hydrogens (primary N) is 1. The second-order valence-corrected chi connectivity index (χ2v) is 3.18. The molecule has 0 rings (SSSR count). The van der Waals surface area contributed by atoms with Gasteiger partial charge in [-0.2, -0.15) is 0 Å². The number of hydrogen-bond acceptors (Lipinski definition) is 1. The van der Waals surface area contributed by atoms with Crippen LogP contribution in [-0.4, -0.2) is 6.04 Å². The van der Waals surface area contributed by atoms with Crippen molar-refractivity contribution in [2.24, 2.45) is 11.7 Å². The fourth-order valence-corrected chi connectivity index (χ4v) is 0.882. The molecule has 0 aliphatic heterocycles. The van der Waals surface area contributed by atoms with Crippen LogP contribution in [0.1, 0.15) is 40.0 Å². The van der Waals surface area contributed by atoms with Crippen LogP contribution in [0, 0.1) is 5.92 Å². The molecule has 2 atom stereocenters. The minimum absolute atomic E-state index is 0.256. The maximum absolute atomic E-state index is 5.88. The Labute approximate surface area is 70.7 Å². The molecular weight excluding hydrogens is 134 g/mol. The van der Waals surface area contributed by atoms with Crippen LogP contribution < -0.4 is 5.73 Å². The average molecular weight is 155 g/mol. The molecule has 0 bridgehead atoms. The predicted molar refractivity (Wildman–Crippen MR) is 51.5 cm³/mol. The summed E-state index contributed by atoms with van der Waals surface area (Å²) in [4.78, 5) is 0. The maximum Gasteiger partial charge on any atom is 0.0249 e. The highest BCUT2D eigenvalue weighted by atomic mass is 14.6. The van der Waals surface area contributed by atoms with Crippen molar-refractivity contribution in [1.29, 1.82) is 0 Å². The van der Waals surface area contributed by atoms with Crippen molar-refractivity contribution in [2.75, 3.05) is 0 Å². The standard InChI is InChI=1S/C10H21N/c1-4-6-7-8-10(11)9(3)5-2/h7-10H,4-6,11H2,1-3H3/t9-,10+/m0/s1. The Morgan fingerprint density at radius 3 is 2.45 bits per heavy atom. The molecule has 1 heteroatoms. The highest BCUT2D eigenvalue weighted by molar-refractivity contribution is 4.93. The van der Waals surface area contributed by atoms with Crippen LogP contribution in [0.2, 0.25) is 0 Å². The van der Waals surface area contributed by atoms with E-state index in [0.29, 0.717) is 5.92 Å². The van der Waals surface area contributed by atoms with E-state index in [-0.39, 0.29) is 6.04 Å². The Bertz CT molecular complexity index is 107. The van der Waals surface area contributed by atoms with Gasteiger partial charge in [0.05, 0.1) is 0 Å². The highest BCUT2D eigenvalue weighted by Gasteiger charge is 2.05. The normalized spacial score (nSPS) is 17.1. The van der Waals surface area contributed by atoms with E-state index in [2.05, 4.69) is 32.9 Å². The van der Waals surface area contributed by atoms with E-state index in [1.807, 2.05) is 0 Å². The van der Waals surface area contributed by atoms with Crippen LogP contribution in [0.15, 0.2) is 12.2 Å². The van der Waals surface area contributed by atoms with E-state index in [4.69, 9.17) is 5.73 Å². The monoisotopic (exact) mass is 155 g/mol. The fraction of sp³-hybridized carbons (Fsp3) is 0.800. The van der Waals surface area contributed by atoms with E-state index in [1.165, 1.54) is 6.42 Å². The van der Waals surface area contributed by atoms with Gasteiger partial charge in [-0.3, -0.25) is 0 Å². The summed E-state index contributed by atoms with van der Waals surface area (Å²) in [6.45, 7) is 6.55. The first-order valence-corrected chi connectivity index (χ1v) is 4.64. The van der Waals surface area contributed by atoms with Crippen LogP contribution in [-0.2, 0) is 0 Å². The van der Waals surface area contributed by atoms with Gasteiger partial charge in [0.25, 0.3) is 0 Å². The minimum atomic E-state index is 0.256. The summed E-state index contributed by atoms with van der Waals surface area (Å²) in [5.41, 5.74) is 5.88. The summed E-state index contributed by atoms with van der Waals surface area (Å²) in [5, 5.41) is 0. The van der Waals surface area contributed by atoms with Crippen molar-refractivity contribution in [1.82, 2.24) is 0 Å². The molecule has 0 aromatic rings. The van der Waals surface area contributed by atoms with Gasteiger partial charge in [-0.25, -0.2) is 0 Å². The molecule has 66 valence electrons. The van der Waals surface area contributed by atoms with Crippen LogP contribution in [0.5, 0.6) is 0 Å². The molecule has 1 nitrogen and oxygen atoms in total. The summed E-state index contributed by atoms with van der Waals surface area (Å²) in [6.07, 6.45) is 7.86. The molecule has 0 fully saturated rings. The zero-order valence-electron chi connectivity index (χ0n) is 8.01. The van der Waals surface area contributed by atoms with Crippen molar-refractivity contribution in [3.05, 3.63) is 12.2 Å². The minimum Gasteiger partial charge on any atom is -0.324 e. The molecule has 0 heterocycles. The smallest absolute Gasteiger partial charge is 0.0249 e. The molecule has 0 radical (unpaired) electrons. The van der Waals surface area contributed by atoms with E-state index >= 15 is 0 Å². The van der Waals surface area contributed by atoms with Gasteiger partial charge in [0, 0.05) is 6.04 Å². The molecule has 2 N–H and O–H groups in total. The zero-order chi connectivity index (χ0) is 8.69. The van der Waals surface area contributed by atoms with Crippen LogP contribution in [0.25, 0.3) is 0 Å². The lowest BCUT2D eigenvalue weighted by Crippen LogP contribution is -2.25. The second-order valence-electron chi connectivity index (χ2n) is 3.18. The molecule has 0 saturated carbocycles. The SMILES string of the molecule is CCCC=C[C@@H](N)[C@@H](C)CC. The van der Waals surface area contributed by atoms with E-state index in [1.54, 1.807) is 0 Å². The first-order chi connectivity index (χ1) is 5.22. The summed E-state index contributed by atoms with van der Waals surface area (Å²) >= 11 is 0. The zero-order valence-corrected chi connectivity index (χ0v) is 8.01. The van der Waals surface area contributed by atoms with E-state index in [9.17, 15) is 0 Å². The van der Waals surface area contributed by atoms with Crippen molar-refractivity contribution in [3.63, 3.8) is 0 Å². The number of rotatable bonds is 5. The van der Waals surface area contributed by atoms with Gasteiger partial charge in [0.1, 0.15) is 0 Å². The predicted octanol–water partition coefficient (Wildman–Crippen LogP) is 2.72. The summed E-state index contributed by atoms with van der Waals surface area (Å²) in [6, 6.07) is 0.256. The largest absolute Gasteiger partial charge is 0.324 e. The molecule has 0 aromatic heterocycles. The average Bonchev–Trinajstić information content (AvgIpc) is 2.03. The van der Waals surface area contributed by atoms with Crippen molar-refractivity contribution < 1.29 is 0 Å². The molecule has 0 aromatic carbocycles. The topological polar surface area (TPSA) is 26.0 Å². The maximum atomic E-state index is 5.88.